The fraction of sp³-hybridized carbons (Fsp3) is 0.407. The van der Waals surface area contributed by atoms with Crippen LogP contribution >= 0.6 is 23.1 Å². The van der Waals surface area contributed by atoms with E-state index in [-0.39, 0.29) is 23.2 Å². The first-order chi connectivity index (χ1) is 16.5. The van der Waals surface area contributed by atoms with Crippen LogP contribution in [0, 0.1) is 24.7 Å². The minimum atomic E-state index is -0.162. The summed E-state index contributed by atoms with van der Waals surface area (Å²) in [4.78, 5) is 27.2. The Bertz CT molecular complexity index is 1300. The summed E-state index contributed by atoms with van der Waals surface area (Å²) in [5, 5.41) is 4.48. The Labute approximate surface area is 207 Å². The molecule has 5 atom stereocenters. The number of ether oxygens (including phenoxy) is 1. The molecular weight excluding hydrogens is 464 g/mol. The molecule has 0 radical (unpaired) electrons. The predicted octanol–water partition coefficient (Wildman–Crippen LogP) is 5.52. The van der Waals surface area contributed by atoms with E-state index in [0.717, 1.165) is 32.8 Å². The summed E-state index contributed by atoms with van der Waals surface area (Å²) < 4.78 is 7.10. The van der Waals surface area contributed by atoms with E-state index in [2.05, 4.69) is 17.4 Å². The normalized spacial score (nSPS) is 26.7. The van der Waals surface area contributed by atoms with Gasteiger partial charge in [0.25, 0.3) is 0 Å². The summed E-state index contributed by atoms with van der Waals surface area (Å²) in [5.74, 6) is 2.87. The predicted molar refractivity (Wildman–Crippen MR) is 137 cm³/mol. The summed E-state index contributed by atoms with van der Waals surface area (Å²) in [6, 6.07) is 16.1. The Hall–Kier alpha value is -2.51. The van der Waals surface area contributed by atoms with Gasteiger partial charge in [-0.1, -0.05) is 35.6 Å². The lowest BCUT2D eigenvalue weighted by Crippen LogP contribution is -2.34. The SMILES string of the molecule is COc1ccc([C@@H]2c3sc(=O)n(CC(=O)Nc4cccc(C)c4)c3S[C@@H]3[C@H]4CC[C@@H](C4)[C@@H]23)cc1. The summed E-state index contributed by atoms with van der Waals surface area (Å²) in [6.45, 7) is 2.05. The molecule has 2 heterocycles. The fourth-order valence-electron chi connectivity index (χ4n) is 6.34. The average Bonchev–Trinajstić information content (AvgIpc) is 3.52. The van der Waals surface area contributed by atoms with E-state index in [4.69, 9.17) is 4.74 Å². The van der Waals surface area contributed by atoms with Gasteiger partial charge in [-0.15, -0.1) is 11.8 Å². The zero-order valence-electron chi connectivity index (χ0n) is 19.3. The van der Waals surface area contributed by atoms with Gasteiger partial charge in [-0.2, -0.15) is 0 Å². The molecule has 0 spiro atoms. The van der Waals surface area contributed by atoms with Crippen LogP contribution in [0.3, 0.4) is 0 Å². The molecule has 1 N–H and O–H groups in total. The van der Waals surface area contributed by atoms with Crippen LogP contribution in [0.25, 0.3) is 0 Å². The minimum Gasteiger partial charge on any atom is -0.497 e. The van der Waals surface area contributed by atoms with Gasteiger partial charge in [0, 0.05) is 21.7 Å². The first kappa shape index (κ1) is 22.0. The van der Waals surface area contributed by atoms with Crippen LogP contribution in [0.1, 0.15) is 41.2 Å². The number of hydrogen-bond donors (Lipinski definition) is 1. The molecule has 34 heavy (non-hydrogen) atoms. The quantitative estimate of drug-likeness (QED) is 0.510. The molecule has 1 aromatic heterocycles. The number of nitrogens with one attached hydrogen (secondary N) is 1. The molecular formula is C27H28N2O3S2. The monoisotopic (exact) mass is 492 g/mol. The number of thioether (sulfide) groups is 1. The maximum atomic E-state index is 13.2. The third-order valence-corrected chi connectivity index (χ3v) is 10.6. The van der Waals surface area contributed by atoms with E-state index >= 15 is 0 Å². The number of carbonyl (C=O) groups is 1. The van der Waals surface area contributed by atoms with E-state index in [1.807, 2.05) is 55.1 Å². The van der Waals surface area contributed by atoms with Gasteiger partial charge in [0.1, 0.15) is 12.3 Å². The number of hydrogen-bond acceptors (Lipinski definition) is 5. The molecule has 3 aliphatic rings. The summed E-state index contributed by atoms with van der Waals surface area (Å²) in [6.07, 6.45) is 3.87. The molecule has 176 valence electrons. The van der Waals surface area contributed by atoms with Crippen molar-refractivity contribution in [3.8, 4) is 5.75 Å². The highest BCUT2D eigenvalue weighted by atomic mass is 32.2. The highest BCUT2D eigenvalue weighted by molar-refractivity contribution is 8.00. The van der Waals surface area contributed by atoms with Crippen LogP contribution in [0.5, 0.6) is 5.75 Å². The van der Waals surface area contributed by atoms with Crippen LogP contribution < -0.4 is 14.9 Å². The maximum absolute atomic E-state index is 13.2. The van der Waals surface area contributed by atoms with Gasteiger partial charge >= 0.3 is 4.87 Å². The number of aryl methyl sites for hydroxylation is 1. The van der Waals surface area contributed by atoms with Gasteiger partial charge < -0.3 is 10.1 Å². The van der Waals surface area contributed by atoms with Crippen molar-refractivity contribution in [2.75, 3.05) is 12.4 Å². The van der Waals surface area contributed by atoms with Crippen LogP contribution in [-0.4, -0.2) is 22.8 Å². The second-order valence-corrected chi connectivity index (χ2v) is 11.9. The number of amides is 1. The molecule has 2 saturated carbocycles. The highest BCUT2D eigenvalue weighted by Gasteiger charge is 2.55. The Morgan fingerprint density at radius 2 is 1.94 bits per heavy atom. The van der Waals surface area contributed by atoms with Gasteiger partial charge in [-0.3, -0.25) is 14.2 Å². The second-order valence-electron chi connectivity index (χ2n) is 9.79. The number of anilines is 1. The Balaban J connectivity index is 1.36. The standard InChI is InChI=1S/C27H28N2O3S2/c1-15-4-3-5-19(12-15)28-21(30)14-29-26-25(34-27(29)31)22(16-8-10-20(32-2)11-9-16)23-17-6-7-18(13-17)24(23)33-26/h3-5,8-12,17-18,22-24H,6-7,13-14H2,1-2H3,(H,28,30)/t17-,18-,22-,23-,24+/m0/s1. The third kappa shape index (κ3) is 3.69. The van der Waals surface area contributed by atoms with Crippen molar-refractivity contribution in [1.82, 2.24) is 4.57 Å². The fourth-order valence-corrected chi connectivity index (χ4v) is 9.49. The maximum Gasteiger partial charge on any atom is 0.308 e. The molecule has 3 aromatic rings. The Kier molecular flexibility index (Phi) is 5.57. The molecule has 2 aliphatic carbocycles. The van der Waals surface area contributed by atoms with Crippen molar-refractivity contribution in [2.24, 2.45) is 17.8 Å². The molecule has 5 nitrogen and oxygen atoms in total. The average molecular weight is 493 g/mol. The number of aromatic nitrogens is 1. The third-order valence-electron chi connectivity index (χ3n) is 7.77. The number of benzene rings is 2. The summed E-state index contributed by atoms with van der Waals surface area (Å²) >= 11 is 3.20. The second kappa shape index (κ2) is 8.61. The largest absolute Gasteiger partial charge is 0.497 e. The lowest BCUT2D eigenvalue weighted by Gasteiger charge is -2.40. The topological polar surface area (TPSA) is 60.3 Å². The molecule has 6 rings (SSSR count). The summed E-state index contributed by atoms with van der Waals surface area (Å²) in [7, 11) is 1.68. The zero-order valence-corrected chi connectivity index (χ0v) is 21.0. The first-order valence-corrected chi connectivity index (χ1v) is 13.6. The number of carbonyl (C=O) groups excluding carboxylic acids is 1. The first-order valence-electron chi connectivity index (χ1n) is 11.9. The van der Waals surface area contributed by atoms with Crippen LogP contribution in [0.2, 0.25) is 0 Å². The van der Waals surface area contributed by atoms with Gasteiger partial charge in [0.05, 0.1) is 12.1 Å². The number of rotatable bonds is 5. The number of thiazole rings is 1. The Morgan fingerprint density at radius 1 is 1.15 bits per heavy atom. The number of fused-ring (bicyclic) bond motifs is 6. The van der Waals surface area contributed by atoms with Crippen molar-refractivity contribution < 1.29 is 9.53 Å². The van der Waals surface area contributed by atoms with Crippen molar-refractivity contribution in [3.05, 3.63) is 74.2 Å². The molecule has 1 amide bonds. The lowest BCUT2D eigenvalue weighted by molar-refractivity contribution is -0.116. The van der Waals surface area contributed by atoms with E-state index in [1.165, 1.54) is 36.2 Å². The molecule has 0 saturated heterocycles. The molecule has 7 heteroatoms. The molecule has 2 aromatic carbocycles. The Morgan fingerprint density at radius 3 is 2.71 bits per heavy atom. The van der Waals surface area contributed by atoms with Crippen molar-refractivity contribution in [2.45, 2.75) is 48.9 Å². The van der Waals surface area contributed by atoms with Crippen LogP contribution in [0.4, 0.5) is 5.69 Å². The van der Waals surface area contributed by atoms with Crippen LogP contribution in [-0.2, 0) is 11.3 Å². The molecule has 2 fully saturated rings. The molecule has 2 bridgehead atoms. The summed E-state index contributed by atoms with van der Waals surface area (Å²) in [5.41, 5.74) is 3.10. The van der Waals surface area contributed by atoms with Gasteiger partial charge in [0.15, 0.2) is 0 Å². The van der Waals surface area contributed by atoms with E-state index in [0.29, 0.717) is 17.1 Å². The smallest absolute Gasteiger partial charge is 0.308 e. The minimum absolute atomic E-state index is 0.0391. The van der Waals surface area contributed by atoms with Crippen molar-refractivity contribution in [1.29, 1.82) is 0 Å². The molecule has 0 unspecified atom stereocenters. The van der Waals surface area contributed by atoms with E-state index in [9.17, 15) is 9.59 Å². The van der Waals surface area contributed by atoms with Crippen LogP contribution in [0.15, 0.2) is 58.4 Å². The van der Waals surface area contributed by atoms with E-state index in [1.54, 1.807) is 11.7 Å². The van der Waals surface area contributed by atoms with Gasteiger partial charge in [-0.25, -0.2) is 0 Å². The van der Waals surface area contributed by atoms with Crippen molar-refractivity contribution >= 4 is 34.7 Å². The molecule has 1 aliphatic heterocycles. The van der Waals surface area contributed by atoms with Crippen molar-refractivity contribution in [3.63, 3.8) is 0 Å². The lowest BCUT2D eigenvalue weighted by atomic mass is 9.75. The van der Waals surface area contributed by atoms with Gasteiger partial charge in [0.2, 0.25) is 5.91 Å². The van der Waals surface area contributed by atoms with E-state index < -0.39 is 0 Å². The number of methoxy groups -OCH3 is 1. The van der Waals surface area contributed by atoms with Gasteiger partial charge in [-0.05, 0) is 79.3 Å². The number of nitrogens with zero attached hydrogens (tertiary/aromatic N) is 1. The highest BCUT2D eigenvalue weighted by Crippen LogP contribution is 2.64. The zero-order chi connectivity index (χ0) is 23.4.